The Hall–Kier alpha value is -2.67. The van der Waals surface area contributed by atoms with E-state index in [0.29, 0.717) is 19.7 Å². The minimum absolute atomic E-state index is 0.0125. The average molecular weight is 301 g/mol. The zero-order valence-corrected chi connectivity index (χ0v) is 11.7. The molecule has 2 aromatic rings. The molecule has 1 amide bonds. The highest BCUT2D eigenvalue weighted by Crippen LogP contribution is 2.12. The van der Waals surface area contributed by atoms with E-state index in [9.17, 15) is 9.59 Å². The molecule has 1 aromatic heterocycles. The van der Waals surface area contributed by atoms with Gasteiger partial charge in [-0.25, -0.2) is 9.78 Å². The van der Waals surface area contributed by atoms with Crippen molar-refractivity contribution in [2.24, 2.45) is 0 Å². The Morgan fingerprint density at radius 1 is 1.36 bits per heavy atom. The fourth-order valence-corrected chi connectivity index (χ4v) is 2.40. The van der Waals surface area contributed by atoms with Crippen LogP contribution in [0.1, 0.15) is 26.5 Å². The van der Waals surface area contributed by atoms with Crippen LogP contribution in [-0.2, 0) is 17.9 Å². The number of nitrogens with zero attached hydrogens (tertiary/aromatic N) is 2. The molecule has 114 valence electrons. The predicted octanol–water partition coefficient (Wildman–Crippen LogP) is 0.910. The van der Waals surface area contributed by atoms with Gasteiger partial charge < -0.3 is 19.7 Å². The second-order valence-electron chi connectivity index (χ2n) is 4.99. The first kappa shape index (κ1) is 14.3. The predicted molar refractivity (Wildman–Crippen MR) is 76.5 cm³/mol. The highest BCUT2D eigenvalue weighted by Gasteiger charge is 2.21. The lowest BCUT2D eigenvalue weighted by Gasteiger charge is -2.24. The van der Waals surface area contributed by atoms with Crippen LogP contribution in [0, 0.1) is 0 Å². The van der Waals surface area contributed by atoms with Crippen LogP contribution in [0.25, 0.3) is 0 Å². The Morgan fingerprint density at radius 3 is 2.91 bits per heavy atom. The van der Waals surface area contributed by atoms with Gasteiger partial charge in [0.25, 0.3) is 5.91 Å². The van der Waals surface area contributed by atoms with Gasteiger partial charge >= 0.3 is 5.97 Å². The third-order valence-electron chi connectivity index (χ3n) is 3.54. The number of carbonyl (C=O) groups excluding carboxylic acids is 1. The molecule has 1 aliphatic rings. The zero-order chi connectivity index (χ0) is 15.5. The summed E-state index contributed by atoms with van der Waals surface area (Å²) in [5, 5.41) is 11.8. The number of carboxylic acid groups (broad SMARTS) is 1. The van der Waals surface area contributed by atoms with E-state index in [1.807, 2.05) is 10.8 Å². The van der Waals surface area contributed by atoms with Crippen LogP contribution in [0.5, 0.6) is 0 Å². The Labute approximate surface area is 126 Å². The number of aromatic nitrogens is 2. The Morgan fingerprint density at radius 2 is 2.14 bits per heavy atom. The molecule has 0 fully saturated rings. The molecule has 0 aliphatic carbocycles. The summed E-state index contributed by atoms with van der Waals surface area (Å²) < 4.78 is 7.59. The van der Waals surface area contributed by atoms with Crippen molar-refractivity contribution < 1.29 is 19.4 Å². The smallest absolute Gasteiger partial charge is 0.336 e. The third-order valence-corrected chi connectivity index (χ3v) is 3.54. The van der Waals surface area contributed by atoms with Gasteiger partial charge in [-0.3, -0.25) is 4.79 Å². The fraction of sp³-hybridized carbons (Fsp3) is 0.267. The van der Waals surface area contributed by atoms with Crippen LogP contribution >= 0.6 is 0 Å². The molecule has 2 N–H and O–H groups in total. The standard InChI is InChI=1S/C15H15N3O4/c19-14(11-3-1-2-4-12(11)15(20)21)17-7-10-8-18-6-5-16-13(18)9-22-10/h1-6,10H,7-9H2,(H,17,19)(H,20,21)/t10-/m0/s1. The fourth-order valence-electron chi connectivity index (χ4n) is 2.40. The summed E-state index contributed by atoms with van der Waals surface area (Å²) in [5.74, 6) is -0.681. The van der Waals surface area contributed by atoms with Crippen LogP contribution < -0.4 is 5.32 Å². The van der Waals surface area contributed by atoms with Gasteiger partial charge in [0.1, 0.15) is 12.4 Å². The molecule has 7 heteroatoms. The van der Waals surface area contributed by atoms with Gasteiger partial charge in [0, 0.05) is 18.9 Å². The third kappa shape index (κ3) is 2.84. The van der Waals surface area contributed by atoms with E-state index in [0.717, 1.165) is 5.82 Å². The normalized spacial score (nSPS) is 16.8. The molecule has 0 spiro atoms. The highest BCUT2D eigenvalue weighted by atomic mass is 16.5. The molecule has 0 radical (unpaired) electrons. The van der Waals surface area contributed by atoms with Crippen molar-refractivity contribution in [3.05, 3.63) is 53.6 Å². The Balaban J connectivity index is 1.63. The summed E-state index contributed by atoms with van der Waals surface area (Å²) in [6, 6.07) is 6.13. The molecule has 0 saturated carbocycles. The number of hydrogen-bond donors (Lipinski definition) is 2. The summed E-state index contributed by atoms with van der Waals surface area (Å²) in [7, 11) is 0. The van der Waals surface area contributed by atoms with E-state index in [2.05, 4.69) is 10.3 Å². The second kappa shape index (κ2) is 5.98. The number of amides is 1. The number of carboxylic acids is 1. The van der Waals surface area contributed by atoms with Crippen molar-refractivity contribution in [2.75, 3.05) is 6.54 Å². The molecule has 7 nitrogen and oxygen atoms in total. The van der Waals surface area contributed by atoms with E-state index >= 15 is 0 Å². The van der Waals surface area contributed by atoms with Gasteiger partial charge in [-0.2, -0.15) is 0 Å². The second-order valence-corrected chi connectivity index (χ2v) is 4.99. The molecule has 1 aromatic carbocycles. The van der Waals surface area contributed by atoms with Crippen LogP contribution in [0.15, 0.2) is 36.7 Å². The quantitative estimate of drug-likeness (QED) is 0.875. The largest absolute Gasteiger partial charge is 0.478 e. The first-order valence-corrected chi connectivity index (χ1v) is 6.87. The van der Waals surface area contributed by atoms with Crippen LogP contribution in [0.2, 0.25) is 0 Å². The van der Waals surface area contributed by atoms with Gasteiger partial charge in [0.2, 0.25) is 0 Å². The molecular formula is C15H15N3O4. The lowest BCUT2D eigenvalue weighted by molar-refractivity contribution is 0.00326. The van der Waals surface area contributed by atoms with Crippen molar-refractivity contribution in [1.29, 1.82) is 0 Å². The zero-order valence-electron chi connectivity index (χ0n) is 11.7. The van der Waals surface area contributed by atoms with Gasteiger partial charge in [-0.15, -0.1) is 0 Å². The van der Waals surface area contributed by atoms with E-state index < -0.39 is 11.9 Å². The van der Waals surface area contributed by atoms with Crippen molar-refractivity contribution in [3.8, 4) is 0 Å². The molecule has 0 saturated heterocycles. The summed E-state index contributed by atoms with van der Waals surface area (Å²) in [5.41, 5.74) is 0.135. The topological polar surface area (TPSA) is 93.4 Å². The summed E-state index contributed by atoms with van der Waals surface area (Å²) in [4.78, 5) is 27.4. The summed E-state index contributed by atoms with van der Waals surface area (Å²) in [6.07, 6.45) is 3.41. The first-order valence-electron chi connectivity index (χ1n) is 6.87. The average Bonchev–Trinajstić information content (AvgIpc) is 3.00. The van der Waals surface area contributed by atoms with Crippen LogP contribution in [0.3, 0.4) is 0 Å². The molecule has 1 aliphatic heterocycles. The number of imidazole rings is 1. The van der Waals surface area contributed by atoms with Gasteiger partial charge in [0.15, 0.2) is 0 Å². The molecule has 22 heavy (non-hydrogen) atoms. The van der Waals surface area contributed by atoms with Crippen molar-refractivity contribution >= 4 is 11.9 Å². The number of hydrogen-bond acceptors (Lipinski definition) is 4. The lowest BCUT2D eigenvalue weighted by atomic mass is 10.1. The van der Waals surface area contributed by atoms with E-state index in [4.69, 9.17) is 9.84 Å². The summed E-state index contributed by atoms with van der Waals surface area (Å²) in [6.45, 7) is 1.32. The van der Waals surface area contributed by atoms with Gasteiger partial charge in [-0.1, -0.05) is 12.1 Å². The van der Waals surface area contributed by atoms with Crippen molar-refractivity contribution in [3.63, 3.8) is 0 Å². The molecule has 0 unspecified atom stereocenters. The van der Waals surface area contributed by atoms with Crippen LogP contribution in [0.4, 0.5) is 0 Å². The van der Waals surface area contributed by atoms with E-state index in [-0.39, 0.29) is 17.2 Å². The van der Waals surface area contributed by atoms with Crippen molar-refractivity contribution in [1.82, 2.24) is 14.9 Å². The molecular weight excluding hydrogens is 286 g/mol. The summed E-state index contributed by atoms with van der Waals surface area (Å²) >= 11 is 0. The number of fused-ring (bicyclic) bond motifs is 1. The Kier molecular flexibility index (Phi) is 3.88. The number of ether oxygens (including phenoxy) is 1. The van der Waals surface area contributed by atoms with E-state index in [1.165, 1.54) is 12.1 Å². The maximum absolute atomic E-state index is 12.2. The molecule has 1 atom stereocenters. The molecule has 0 bridgehead atoms. The monoisotopic (exact) mass is 301 g/mol. The van der Waals surface area contributed by atoms with Crippen LogP contribution in [-0.4, -0.2) is 39.2 Å². The SMILES string of the molecule is O=C(O)c1ccccc1C(=O)NC[C@H]1Cn2ccnc2CO1. The maximum Gasteiger partial charge on any atom is 0.336 e. The molecule has 3 rings (SSSR count). The Bertz CT molecular complexity index is 710. The van der Waals surface area contributed by atoms with Gasteiger partial charge in [-0.05, 0) is 12.1 Å². The number of benzene rings is 1. The highest BCUT2D eigenvalue weighted by molar-refractivity contribution is 6.04. The van der Waals surface area contributed by atoms with E-state index in [1.54, 1.807) is 18.3 Å². The minimum atomic E-state index is -1.12. The molecule has 2 heterocycles. The number of aromatic carboxylic acids is 1. The van der Waals surface area contributed by atoms with Crippen molar-refractivity contribution in [2.45, 2.75) is 19.3 Å². The maximum atomic E-state index is 12.2. The first-order chi connectivity index (χ1) is 10.6. The van der Waals surface area contributed by atoms with Gasteiger partial charge in [0.05, 0.1) is 23.8 Å². The number of nitrogens with one attached hydrogen (secondary N) is 1. The number of rotatable bonds is 4. The minimum Gasteiger partial charge on any atom is -0.478 e. The number of carbonyl (C=O) groups is 2. The lowest BCUT2D eigenvalue weighted by Crippen LogP contribution is -2.39.